The molecule has 0 saturated heterocycles. The molecule has 0 amide bonds. The maximum atomic E-state index is 13.0. The van der Waals surface area contributed by atoms with Crippen LogP contribution >= 0.6 is 0 Å². The molecule has 262 valence electrons. The van der Waals surface area contributed by atoms with E-state index in [9.17, 15) is 9.59 Å². The third-order valence-electron chi connectivity index (χ3n) is 13.7. The van der Waals surface area contributed by atoms with Crippen LogP contribution in [0, 0.1) is 46.3 Å². The maximum Gasteiger partial charge on any atom is 0.344 e. The monoisotopic (exact) mass is 664 g/mol. The van der Waals surface area contributed by atoms with Gasteiger partial charge in [0.1, 0.15) is 17.4 Å². The Balaban J connectivity index is 0.959. The highest BCUT2D eigenvalue weighted by Crippen LogP contribution is 2.67. The van der Waals surface area contributed by atoms with Gasteiger partial charge in [0, 0.05) is 23.9 Å². The quantitative estimate of drug-likeness (QED) is 0.123. The van der Waals surface area contributed by atoms with E-state index in [1.54, 1.807) is 6.07 Å². The van der Waals surface area contributed by atoms with Crippen LogP contribution in [0.5, 0.6) is 5.75 Å². The number of carbonyl (C=O) groups is 1. The van der Waals surface area contributed by atoms with E-state index in [2.05, 4.69) is 40.7 Å². The summed E-state index contributed by atoms with van der Waals surface area (Å²) in [5.41, 5.74) is 3.99. The minimum absolute atomic E-state index is 0.105. The predicted octanol–water partition coefficient (Wildman–Crippen LogP) is 10.8. The molecule has 2 aromatic carbocycles. The van der Waals surface area contributed by atoms with Crippen LogP contribution in [-0.4, -0.2) is 18.7 Å². The molecule has 0 radical (unpaired) electrons. The van der Waals surface area contributed by atoms with Crippen molar-refractivity contribution in [1.29, 1.82) is 0 Å². The lowest BCUT2D eigenvalue weighted by molar-refractivity contribution is -0.153. The van der Waals surface area contributed by atoms with Gasteiger partial charge in [-0.3, -0.25) is 0 Å². The SMILES string of the molecule is CC(C)CCC[C@@H](C)[C@H]1CC[C@@H]2[C@H]3CC=C4C[C@@H](OC(=O)COc5ccc6c(-c7ccccc7)cc(=O)oc6c5)CC[C@]4(C)[C@H]3CC[C@@]21C. The predicted molar refractivity (Wildman–Crippen MR) is 196 cm³/mol. The molecule has 3 fully saturated rings. The fourth-order valence-corrected chi connectivity index (χ4v) is 11.2. The smallest absolute Gasteiger partial charge is 0.344 e. The number of rotatable bonds is 10. The Kier molecular flexibility index (Phi) is 9.58. The zero-order valence-corrected chi connectivity index (χ0v) is 30.3. The van der Waals surface area contributed by atoms with Crippen molar-refractivity contribution in [2.75, 3.05) is 6.61 Å². The number of ether oxygens (including phenoxy) is 2. The summed E-state index contributed by atoms with van der Waals surface area (Å²) in [6, 6.07) is 16.7. The highest BCUT2D eigenvalue weighted by atomic mass is 16.6. The lowest BCUT2D eigenvalue weighted by atomic mass is 9.47. The number of carbonyl (C=O) groups excluding carboxylic acids is 1. The average molecular weight is 665 g/mol. The average Bonchev–Trinajstić information content (AvgIpc) is 3.44. The van der Waals surface area contributed by atoms with E-state index in [1.807, 2.05) is 42.5 Å². The fourth-order valence-electron chi connectivity index (χ4n) is 11.2. The van der Waals surface area contributed by atoms with E-state index in [1.165, 1.54) is 63.0 Å². The van der Waals surface area contributed by atoms with Gasteiger partial charge in [-0.2, -0.15) is 0 Å². The maximum absolute atomic E-state index is 13.0. The fraction of sp³-hybridized carbons (Fsp3) is 0.591. The van der Waals surface area contributed by atoms with E-state index >= 15 is 0 Å². The molecule has 0 aliphatic heterocycles. The van der Waals surface area contributed by atoms with Gasteiger partial charge in [-0.25, -0.2) is 9.59 Å². The topological polar surface area (TPSA) is 65.7 Å². The Morgan fingerprint density at radius 3 is 2.55 bits per heavy atom. The van der Waals surface area contributed by atoms with Gasteiger partial charge in [0.15, 0.2) is 6.61 Å². The first-order valence-corrected chi connectivity index (χ1v) is 19.2. The summed E-state index contributed by atoms with van der Waals surface area (Å²) >= 11 is 0. The molecule has 3 saturated carbocycles. The molecule has 8 atom stereocenters. The number of hydrogen-bond donors (Lipinski definition) is 0. The molecule has 5 nitrogen and oxygen atoms in total. The van der Waals surface area contributed by atoms with E-state index in [-0.39, 0.29) is 24.1 Å². The van der Waals surface area contributed by atoms with Crippen LogP contribution in [0.3, 0.4) is 0 Å². The first-order valence-electron chi connectivity index (χ1n) is 19.2. The third-order valence-corrected chi connectivity index (χ3v) is 13.7. The van der Waals surface area contributed by atoms with Crippen molar-refractivity contribution in [2.24, 2.45) is 46.3 Å². The van der Waals surface area contributed by atoms with Crippen LogP contribution in [0.25, 0.3) is 22.1 Å². The van der Waals surface area contributed by atoms with E-state index < -0.39 is 5.63 Å². The molecule has 5 heteroatoms. The molecular formula is C44H56O5. The van der Waals surface area contributed by atoms with Crippen molar-refractivity contribution in [3.05, 3.63) is 76.7 Å². The minimum atomic E-state index is -0.424. The van der Waals surface area contributed by atoms with Gasteiger partial charge >= 0.3 is 11.6 Å². The number of fused-ring (bicyclic) bond motifs is 6. The molecule has 0 bridgehead atoms. The number of hydrogen-bond acceptors (Lipinski definition) is 5. The lowest BCUT2D eigenvalue weighted by Crippen LogP contribution is -2.51. The Morgan fingerprint density at radius 2 is 1.76 bits per heavy atom. The van der Waals surface area contributed by atoms with E-state index in [4.69, 9.17) is 13.9 Å². The van der Waals surface area contributed by atoms with Crippen LogP contribution < -0.4 is 10.4 Å². The molecule has 0 N–H and O–H groups in total. The van der Waals surface area contributed by atoms with Crippen molar-refractivity contribution in [3.8, 4) is 16.9 Å². The minimum Gasteiger partial charge on any atom is -0.482 e. The van der Waals surface area contributed by atoms with Gasteiger partial charge in [0.2, 0.25) is 0 Å². The van der Waals surface area contributed by atoms with Crippen molar-refractivity contribution in [1.82, 2.24) is 0 Å². The van der Waals surface area contributed by atoms with Crippen LogP contribution in [0.4, 0.5) is 0 Å². The second-order valence-corrected chi connectivity index (χ2v) is 16.9. The van der Waals surface area contributed by atoms with Gasteiger partial charge in [-0.1, -0.05) is 95.9 Å². The Morgan fingerprint density at radius 1 is 0.939 bits per heavy atom. The van der Waals surface area contributed by atoms with Crippen LogP contribution in [0.2, 0.25) is 0 Å². The third kappa shape index (κ3) is 6.64. The van der Waals surface area contributed by atoms with E-state index in [0.717, 1.165) is 71.3 Å². The van der Waals surface area contributed by atoms with Crippen LogP contribution in [0.1, 0.15) is 105 Å². The first-order chi connectivity index (χ1) is 23.5. The zero-order chi connectivity index (χ0) is 34.3. The summed E-state index contributed by atoms with van der Waals surface area (Å²) in [6.07, 6.45) is 16.2. The summed E-state index contributed by atoms with van der Waals surface area (Å²) in [6.45, 7) is 12.3. The second-order valence-electron chi connectivity index (χ2n) is 16.9. The number of benzene rings is 2. The molecule has 3 aromatic rings. The Bertz CT molecular complexity index is 1740. The number of esters is 1. The standard InChI is InChI=1S/C44H56O5/c1-28(2)10-9-11-29(3)37-18-19-38-35-16-14-31-24-33(20-22-43(31,4)39(35)21-23-44(37,38)5)48-42(46)27-47-32-15-17-34-36(30-12-7-6-8-13-30)26-41(45)49-40(34)25-32/h6-8,12-15,17,25-26,28-29,33,35,37-39H,9-11,16,18-24,27H2,1-5H3/t29-,33+,35-,37-,38-,39+,43+,44-/m1/s1. The molecular weight excluding hydrogens is 608 g/mol. The lowest BCUT2D eigenvalue weighted by Gasteiger charge is -2.58. The summed E-state index contributed by atoms with van der Waals surface area (Å²) in [5.74, 6) is 5.02. The molecule has 7 rings (SSSR count). The molecule has 49 heavy (non-hydrogen) atoms. The molecule has 0 spiro atoms. The van der Waals surface area contributed by atoms with Gasteiger partial charge < -0.3 is 13.9 Å². The second kappa shape index (κ2) is 13.8. The van der Waals surface area contributed by atoms with Crippen LogP contribution in [0.15, 0.2) is 75.5 Å². The molecule has 0 unspecified atom stereocenters. The highest BCUT2D eigenvalue weighted by Gasteiger charge is 2.59. The number of allylic oxidation sites excluding steroid dienone is 1. The summed E-state index contributed by atoms with van der Waals surface area (Å²) in [7, 11) is 0. The summed E-state index contributed by atoms with van der Waals surface area (Å²) in [5, 5.41) is 0.816. The summed E-state index contributed by atoms with van der Waals surface area (Å²) < 4.78 is 17.4. The van der Waals surface area contributed by atoms with Gasteiger partial charge in [-0.05, 0) is 115 Å². The Labute approximate surface area is 292 Å². The van der Waals surface area contributed by atoms with Crippen molar-refractivity contribution in [2.45, 2.75) is 111 Å². The molecule has 1 heterocycles. The molecule has 4 aliphatic carbocycles. The van der Waals surface area contributed by atoms with Gasteiger partial charge in [0.05, 0.1) is 0 Å². The summed E-state index contributed by atoms with van der Waals surface area (Å²) in [4.78, 5) is 25.4. The first kappa shape index (κ1) is 34.1. The molecule has 1 aromatic heterocycles. The molecule has 4 aliphatic rings. The highest BCUT2D eigenvalue weighted by molar-refractivity contribution is 5.93. The van der Waals surface area contributed by atoms with Crippen molar-refractivity contribution < 1.29 is 18.7 Å². The van der Waals surface area contributed by atoms with Crippen molar-refractivity contribution >= 4 is 16.9 Å². The van der Waals surface area contributed by atoms with Gasteiger partial charge in [-0.15, -0.1) is 0 Å². The van der Waals surface area contributed by atoms with Gasteiger partial charge in [0.25, 0.3) is 0 Å². The van der Waals surface area contributed by atoms with Crippen molar-refractivity contribution in [3.63, 3.8) is 0 Å². The van der Waals surface area contributed by atoms with Crippen LogP contribution in [-0.2, 0) is 9.53 Å². The normalized spacial score (nSPS) is 31.4. The zero-order valence-electron chi connectivity index (χ0n) is 30.3. The van der Waals surface area contributed by atoms with E-state index in [0.29, 0.717) is 16.7 Å². The largest absolute Gasteiger partial charge is 0.482 e. The Hall–Kier alpha value is -3.34.